The normalized spacial score (nSPS) is 53.1. The molecule has 2 saturated heterocycles. The molecular formula is C42H68O13. The molecule has 0 spiro atoms. The van der Waals surface area contributed by atoms with Gasteiger partial charge in [0.2, 0.25) is 6.29 Å². The standard InChI is InChI=1S/C42H68O13/c1-37(2)14-16-42(36(51)55-35-33(50)31(48)29(46)24(54-35)20-52-34-32(49)30(47)28(45)23(19-43)53-34)17-15-40(6)21(22(42)18-37)8-9-26-39(5)12-11-27(44)38(3,4)25(39)10-13-41(26,40)7/h8,22-35,43-50H,9-20H2,1-7H3/t22-,23+,24+,25-,26+,27-,28+,29+,30-,31-,32+,33+,34+,35-,39-,40+,41+,42-/m0/s1. The molecule has 7 aliphatic rings. The number of aliphatic hydroxyl groups excluding tert-OH is 8. The van der Waals surface area contributed by atoms with Crippen molar-refractivity contribution in [2.45, 2.75) is 180 Å². The van der Waals surface area contributed by atoms with E-state index in [0.29, 0.717) is 24.7 Å². The van der Waals surface area contributed by atoms with Crippen LogP contribution in [0.2, 0.25) is 0 Å². The smallest absolute Gasteiger partial charge is 0.315 e. The molecule has 6 fully saturated rings. The van der Waals surface area contributed by atoms with Crippen molar-refractivity contribution >= 4 is 5.97 Å². The summed E-state index contributed by atoms with van der Waals surface area (Å²) in [6.45, 7) is 15.3. The maximum atomic E-state index is 14.8. The van der Waals surface area contributed by atoms with Crippen LogP contribution < -0.4 is 0 Å². The molecule has 0 amide bonds. The molecule has 314 valence electrons. The van der Waals surface area contributed by atoms with E-state index in [9.17, 15) is 45.6 Å². The van der Waals surface area contributed by atoms with Gasteiger partial charge in [0.25, 0.3) is 0 Å². The maximum Gasteiger partial charge on any atom is 0.315 e. The third-order valence-corrected chi connectivity index (χ3v) is 17.2. The van der Waals surface area contributed by atoms with Gasteiger partial charge in [0, 0.05) is 0 Å². The van der Waals surface area contributed by atoms with Crippen LogP contribution >= 0.6 is 0 Å². The van der Waals surface area contributed by atoms with Gasteiger partial charge in [-0.25, -0.2) is 0 Å². The lowest BCUT2D eigenvalue weighted by Gasteiger charge is -2.71. The number of rotatable bonds is 6. The van der Waals surface area contributed by atoms with Crippen molar-refractivity contribution in [1.82, 2.24) is 0 Å². The number of hydrogen-bond donors (Lipinski definition) is 8. The van der Waals surface area contributed by atoms with E-state index >= 15 is 0 Å². The van der Waals surface area contributed by atoms with Crippen LogP contribution in [0.1, 0.15) is 113 Å². The molecule has 2 heterocycles. The largest absolute Gasteiger partial charge is 0.432 e. The molecule has 5 aliphatic carbocycles. The highest BCUT2D eigenvalue weighted by molar-refractivity contribution is 5.79. The number of allylic oxidation sites excluding steroid dienone is 2. The van der Waals surface area contributed by atoms with Crippen molar-refractivity contribution in [3.63, 3.8) is 0 Å². The number of fused-ring (bicyclic) bond motifs is 7. The van der Waals surface area contributed by atoms with Gasteiger partial charge in [-0.15, -0.1) is 0 Å². The highest BCUT2D eigenvalue weighted by Crippen LogP contribution is 2.76. The topological polar surface area (TPSA) is 216 Å². The van der Waals surface area contributed by atoms with Gasteiger partial charge in [-0.05, 0) is 109 Å². The molecule has 2 aliphatic heterocycles. The van der Waals surface area contributed by atoms with Crippen LogP contribution in [0, 0.1) is 50.2 Å². The molecule has 0 bridgehead atoms. The lowest BCUT2D eigenvalue weighted by molar-refractivity contribution is -0.328. The second-order valence-corrected chi connectivity index (χ2v) is 20.7. The van der Waals surface area contributed by atoms with Gasteiger partial charge < -0.3 is 59.8 Å². The number of ether oxygens (including phenoxy) is 4. The summed E-state index contributed by atoms with van der Waals surface area (Å²) in [7, 11) is 0. The predicted octanol–water partition coefficient (Wildman–Crippen LogP) is 2.32. The van der Waals surface area contributed by atoms with Crippen LogP contribution in [0.15, 0.2) is 11.6 Å². The van der Waals surface area contributed by atoms with E-state index in [1.54, 1.807) is 0 Å². The molecule has 7 rings (SSSR count). The Hall–Kier alpha value is -1.23. The van der Waals surface area contributed by atoms with Crippen LogP contribution in [0.3, 0.4) is 0 Å². The quantitative estimate of drug-likeness (QED) is 0.144. The van der Waals surface area contributed by atoms with Gasteiger partial charge in [0.05, 0.1) is 24.7 Å². The molecule has 8 N–H and O–H groups in total. The molecule has 13 heteroatoms. The zero-order valence-corrected chi connectivity index (χ0v) is 33.8. The minimum absolute atomic E-state index is 0.00451. The summed E-state index contributed by atoms with van der Waals surface area (Å²) in [5.41, 5.74) is 0.212. The van der Waals surface area contributed by atoms with Crippen molar-refractivity contribution < 1.29 is 64.6 Å². The zero-order chi connectivity index (χ0) is 40.3. The van der Waals surface area contributed by atoms with Crippen LogP contribution in [-0.2, 0) is 23.7 Å². The second-order valence-electron chi connectivity index (χ2n) is 20.7. The highest BCUT2D eigenvalue weighted by atomic mass is 16.7. The van der Waals surface area contributed by atoms with Crippen LogP contribution in [-0.4, -0.2) is 128 Å². The van der Waals surface area contributed by atoms with Crippen molar-refractivity contribution in [1.29, 1.82) is 0 Å². The fourth-order valence-electron chi connectivity index (χ4n) is 13.4. The highest BCUT2D eigenvalue weighted by Gasteiger charge is 2.69. The summed E-state index contributed by atoms with van der Waals surface area (Å²) in [6.07, 6.45) is -5.21. The van der Waals surface area contributed by atoms with E-state index in [-0.39, 0.29) is 39.1 Å². The van der Waals surface area contributed by atoms with Gasteiger partial charge in [-0.3, -0.25) is 4.79 Å². The molecule has 4 saturated carbocycles. The minimum atomic E-state index is -1.76. The van der Waals surface area contributed by atoms with Crippen molar-refractivity contribution in [2.24, 2.45) is 50.2 Å². The van der Waals surface area contributed by atoms with E-state index in [2.05, 4.69) is 54.5 Å². The van der Waals surface area contributed by atoms with Gasteiger partial charge >= 0.3 is 5.97 Å². The lowest BCUT2D eigenvalue weighted by atomic mass is 9.33. The molecule has 0 unspecified atom stereocenters. The first-order valence-corrected chi connectivity index (χ1v) is 20.8. The summed E-state index contributed by atoms with van der Waals surface area (Å²) in [6, 6.07) is 0. The maximum absolute atomic E-state index is 14.8. The fraction of sp³-hybridized carbons (Fsp3) is 0.929. The Morgan fingerprint density at radius 1 is 0.727 bits per heavy atom. The molecule has 13 nitrogen and oxygen atoms in total. The molecular weight excluding hydrogens is 712 g/mol. The number of esters is 1. The molecule has 0 aromatic carbocycles. The Balaban J connectivity index is 1.13. The average molecular weight is 781 g/mol. The Bertz CT molecular complexity index is 1480. The van der Waals surface area contributed by atoms with E-state index < -0.39 is 86.0 Å². The summed E-state index contributed by atoms with van der Waals surface area (Å²) < 4.78 is 23.0. The molecule has 0 radical (unpaired) electrons. The van der Waals surface area contributed by atoms with Crippen molar-refractivity contribution in [3.8, 4) is 0 Å². The van der Waals surface area contributed by atoms with E-state index in [1.165, 1.54) is 5.57 Å². The van der Waals surface area contributed by atoms with E-state index in [1.807, 2.05) is 0 Å². The van der Waals surface area contributed by atoms with Crippen molar-refractivity contribution in [2.75, 3.05) is 13.2 Å². The minimum Gasteiger partial charge on any atom is -0.432 e. The number of carbonyl (C=O) groups is 1. The third-order valence-electron chi connectivity index (χ3n) is 17.2. The average Bonchev–Trinajstić information content (AvgIpc) is 3.12. The Morgan fingerprint density at radius 3 is 2.02 bits per heavy atom. The van der Waals surface area contributed by atoms with Crippen molar-refractivity contribution in [3.05, 3.63) is 11.6 Å². The summed E-state index contributed by atoms with van der Waals surface area (Å²) in [5.74, 6) is 0.269. The zero-order valence-electron chi connectivity index (χ0n) is 33.8. The number of carbonyl (C=O) groups excluding carboxylic acids is 1. The summed E-state index contributed by atoms with van der Waals surface area (Å²) in [5, 5.41) is 84.2. The van der Waals surface area contributed by atoms with E-state index in [0.717, 1.165) is 51.4 Å². The third kappa shape index (κ3) is 6.31. The number of aliphatic hydroxyl groups is 8. The van der Waals surface area contributed by atoms with Crippen LogP contribution in [0.4, 0.5) is 0 Å². The summed E-state index contributed by atoms with van der Waals surface area (Å²) >= 11 is 0. The Kier molecular flexibility index (Phi) is 10.8. The Labute approximate surface area is 325 Å². The van der Waals surface area contributed by atoms with Gasteiger partial charge in [-0.1, -0.05) is 60.1 Å². The predicted molar refractivity (Wildman–Crippen MR) is 198 cm³/mol. The second kappa shape index (κ2) is 14.2. The van der Waals surface area contributed by atoms with Gasteiger partial charge in [0.15, 0.2) is 6.29 Å². The van der Waals surface area contributed by atoms with Crippen LogP contribution in [0.25, 0.3) is 0 Å². The fourth-order valence-corrected chi connectivity index (χ4v) is 13.4. The first-order valence-electron chi connectivity index (χ1n) is 20.8. The van der Waals surface area contributed by atoms with E-state index in [4.69, 9.17) is 18.9 Å². The number of hydrogen-bond acceptors (Lipinski definition) is 13. The lowest BCUT2D eigenvalue weighted by Crippen LogP contribution is -2.65. The molecule has 0 aromatic heterocycles. The monoisotopic (exact) mass is 780 g/mol. The SMILES string of the molecule is CC1(C)CC[C@]2(C(=O)O[C@@H]3O[C@H](CO[C@@H]4O[C@H](CO)[C@@H](O)[C@H](O)[C@H]4O)[C@@H](O)[C@H](O)[C@H]3O)CC[C@]3(C)C(=CC[C@@H]4[C@@]5(C)CC[C@H](O)C(C)(C)[C@@H]5CC[C@]43C)[C@@H]2C1. The van der Waals surface area contributed by atoms with Gasteiger partial charge in [-0.2, -0.15) is 0 Å². The summed E-state index contributed by atoms with van der Waals surface area (Å²) in [4.78, 5) is 14.8. The molecule has 18 atom stereocenters. The van der Waals surface area contributed by atoms with Crippen LogP contribution in [0.5, 0.6) is 0 Å². The first kappa shape index (κ1) is 41.9. The molecule has 0 aromatic rings. The van der Waals surface area contributed by atoms with Gasteiger partial charge in [0.1, 0.15) is 48.8 Å². The Morgan fingerprint density at radius 2 is 1.35 bits per heavy atom. The molecule has 55 heavy (non-hydrogen) atoms. The first-order chi connectivity index (χ1) is 25.6.